The summed E-state index contributed by atoms with van der Waals surface area (Å²) in [6.45, 7) is 7.29. The SMILES string of the molecule is CCN(CC)CCN(C(=O)c1ccc(NS(C)(=O)=O)cc1)c1ccc(OC)cc1.O=C(O)/C=C/C(=O)O. The molecule has 2 aromatic rings. The fraction of sp³-hybridized carbons (Fsp3) is 0.320. The number of hydrogen-bond acceptors (Lipinski definition) is 7. The van der Waals surface area contributed by atoms with E-state index in [1.165, 1.54) is 0 Å². The van der Waals surface area contributed by atoms with Crippen molar-refractivity contribution >= 4 is 39.2 Å². The zero-order valence-corrected chi connectivity index (χ0v) is 22.1. The van der Waals surface area contributed by atoms with Gasteiger partial charge in [0.1, 0.15) is 5.75 Å². The minimum atomic E-state index is -3.36. The van der Waals surface area contributed by atoms with Gasteiger partial charge in [-0.05, 0) is 61.6 Å². The van der Waals surface area contributed by atoms with Crippen LogP contribution in [0.2, 0.25) is 0 Å². The average molecular weight is 536 g/mol. The summed E-state index contributed by atoms with van der Waals surface area (Å²) < 4.78 is 30.4. The van der Waals surface area contributed by atoms with Crippen LogP contribution >= 0.6 is 0 Å². The van der Waals surface area contributed by atoms with E-state index in [0.717, 1.165) is 37.3 Å². The van der Waals surface area contributed by atoms with Gasteiger partial charge in [0.05, 0.1) is 13.4 Å². The first-order valence-corrected chi connectivity index (χ1v) is 13.2. The van der Waals surface area contributed by atoms with E-state index in [9.17, 15) is 22.8 Å². The van der Waals surface area contributed by atoms with Gasteiger partial charge < -0.3 is 24.7 Å². The Balaban J connectivity index is 0.000000738. The molecule has 0 bridgehead atoms. The smallest absolute Gasteiger partial charge is 0.328 e. The number of benzene rings is 2. The number of carbonyl (C=O) groups excluding carboxylic acids is 1. The predicted octanol–water partition coefficient (Wildman–Crippen LogP) is 2.77. The van der Waals surface area contributed by atoms with Crippen molar-refractivity contribution in [3.05, 3.63) is 66.2 Å². The lowest BCUT2D eigenvalue weighted by Gasteiger charge is -2.27. The first-order chi connectivity index (χ1) is 17.4. The number of methoxy groups -OCH3 is 1. The molecule has 3 N–H and O–H groups in total. The molecule has 0 aliphatic carbocycles. The number of likely N-dealkylation sites (N-methyl/N-ethyl adjacent to an activating group) is 1. The molecule has 202 valence electrons. The van der Waals surface area contributed by atoms with Crippen LogP contribution in [0.4, 0.5) is 11.4 Å². The van der Waals surface area contributed by atoms with Crippen LogP contribution in [0.5, 0.6) is 5.75 Å². The maximum absolute atomic E-state index is 13.2. The topological polar surface area (TPSA) is 154 Å². The minimum absolute atomic E-state index is 0.145. The summed E-state index contributed by atoms with van der Waals surface area (Å²) in [5.74, 6) is -1.94. The number of amides is 1. The molecule has 2 aromatic carbocycles. The number of carbonyl (C=O) groups is 3. The molecular weight excluding hydrogens is 502 g/mol. The minimum Gasteiger partial charge on any atom is -0.497 e. The van der Waals surface area contributed by atoms with E-state index in [-0.39, 0.29) is 5.91 Å². The number of carboxylic acids is 2. The van der Waals surface area contributed by atoms with Crippen LogP contribution < -0.4 is 14.4 Å². The number of aliphatic carboxylic acids is 2. The first kappa shape index (κ1) is 31.1. The summed E-state index contributed by atoms with van der Waals surface area (Å²) in [6, 6.07) is 13.8. The first-order valence-electron chi connectivity index (χ1n) is 11.3. The summed E-state index contributed by atoms with van der Waals surface area (Å²) in [7, 11) is -1.76. The number of rotatable bonds is 12. The van der Waals surface area contributed by atoms with Crippen LogP contribution in [0.3, 0.4) is 0 Å². The molecule has 0 spiro atoms. The van der Waals surface area contributed by atoms with Gasteiger partial charge in [0, 0.05) is 42.2 Å². The van der Waals surface area contributed by atoms with Crippen LogP contribution in [-0.4, -0.2) is 80.9 Å². The lowest BCUT2D eigenvalue weighted by molar-refractivity contribution is -0.134. The number of carboxylic acid groups (broad SMARTS) is 2. The van der Waals surface area contributed by atoms with E-state index in [1.54, 1.807) is 36.3 Å². The second kappa shape index (κ2) is 15.3. The summed E-state index contributed by atoms with van der Waals surface area (Å²) in [4.78, 5) is 36.3. The highest BCUT2D eigenvalue weighted by atomic mass is 32.2. The zero-order valence-electron chi connectivity index (χ0n) is 21.2. The van der Waals surface area contributed by atoms with Crippen molar-refractivity contribution in [3.63, 3.8) is 0 Å². The fourth-order valence-corrected chi connectivity index (χ4v) is 3.65. The Labute approximate surface area is 217 Å². The number of ether oxygens (including phenoxy) is 1. The number of nitrogens with zero attached hydrogens (tertiary/aromatic N) is 2. The van der Waals surface area contributed by atoms with Crippen LogP contribution in [0.25, 0.3) is 0 Å². The van der Waals surface area contributed by atoms with Gasteiger partial charge >= 0.3 is 11.9 Å². The second-order valence-corrected chi connectivity index (χ2v) is 9.39. The lowest BCUT2D eigenvalue weighted by atomic mass is 10.1. The molecule has 0 atom stereocenters. The zero-order chi connectivity index (χ0) is 28.0. The molecule has 0 radical (unpaired) electrons. The van der Waals surface area contributed by atoms with Crippen molar-refractivity contribution in [2.24, 2.45) is 0 Å². The molecule has 11 nitrogen and oxygen atoms in total. The molecule has 0 saturated carbocycles. The standard InChI is InChI=1S/C21H29N3O4S.C4H4O4/c1-5-23(6-2)15-16-24(19-11-13-20(28-3)14-12-19)21(25)17-7-9-18(10-8-17)22-29(4,26)27;5-3(6)1-2-4(7)8/h7-14,22H,5-6,15-16H2,1-4H3;1-2H,(H,5,6)(H,7,8)/b;2-1+. The average Bonchev–Trinajstić information content (AvgIpc) is 2.85. The van der Waals surface area contributed by atoms with E-state index >= 15 is 0 Å². The Morgan fingerprint density at radius 1 is 0.892 bits per heavy atom. The molecule has 0 fully saturated rings. The van der Waals surface area contributed by atoms with Gasteiger partial charge in [-0.2, -0.15) is 0 Å². The third-order valence-electron chi connectivity index (χ3n) is 4.97. The van der Waals surface area contributed by atoms with Crippen molar-refractivity contribution < 1.29 is 37.8 Å². The lowest BCUT2D eigenvalue weighted by Crippen LogP contribution is -2.38. The molecule has 0 unspecified atom stereocenters. The molecule has 37 heavy (non-hydrogen) atoms. The van der Waals surface area contributed by atoms with Gasteiger partial charge in [-0.3, -0.25) is 9.52 Å². The highest BCUT2D eigenvalue weighted by Gasteiger charge is 2.19. The third-order valence-corrected chi connectivity index (χ3v) is 5.57. The normalized spacial score (nSPS) is 10.9. The molecule has 0 aromatic heterocycles. The number of hydrogen-bond donors (Lipinski definition) is 3. The Morgan fingerprint density at radius 3 is 1.81 bits per heavy atom. The monoisotopic (exact) mass is 535 g/mol. The Morgan fingerprint density at radius 2 is 1.41 bits per heavy atom. The van der Waals surface area contributed by atoms with Crippen molar-refractivity contribution in [3.8, 4) is 5.75 Å². The summed E-state index contributed by atoms with van der Waals surface area (Å²) in [5, 5.41) is 15.6. The number of sulfonamides is 1. The highest BCUT2D eigenvalue weighted by Crippen LogP contribution is 2.22. The van der Waals surface area contributed by atoms with Crippen molar-refractivity contribution in [2.75, 3.05) is 49.2 Å². The largest absolute Gasteiger partial charge is 0.497 e. The van der Waals surface area contributed by atoms with Gasteiger partial charge in [-0.15, -0.1) is 0 Å². The molecule has 12 heteroatoms. The van der Waals surface area contributed by atoms with E-state index in [2.05, 4.69) is 23.5 Å². The van der Waals surface area contributed by atoms with Crippen LogP contribution in [0, 0.1) is 0 Å². The molecule has 0 aliphatic rings. The van der Waals surface area contributed by atoms with Gasteiger partial charge in [0.15, 0.2) is 0 Å². The molecule has 0 aliphatic heterocycles. The second-order valence-electron chi connectivity index (χ2n) is 7.64. The molecular formula is C25H33N3O8S. The Kier molecular flexibility index (Phi) is 12.8. The van der Waals surface area contributed by atoms with Crippen LogP contribution in [-0.2, 0) is 19.6 Å². The third kappa shape index (κ3) is 12.1. The molecule has 1 amide bonds. The van der Waals surface area contributed by atoms with E-state index in [1.807, 2.05) is 24.3 Å². The van der Waals surface area contributed by atoms with Gasteiger partial charge in [0.25, 0.3) is 5.91 Å². The van der Waals surface area contributed by atoms with Crippen LogP contribution in [0.1, 0.15) is 24.2 Å². The van der Waals surface area contributed by atoms with Crippen molar-refractivity contribution in [2.45, 2.75) is 13.8 Å². The molecule has 2 rings (SSSR count). The van der Waals surface area contributed by atoms with Gasteiger partial charge in [-0.25, -0.2) is 18.0 Å². The summed E-state index contributed by atoms with van der Waals surface area (Å²) in [6.07, 6.45) is 2.20. The summed E-state index contributed by atoms with van der Waals surface area (Å²) >= 11 is 0. The number of anilines is 2. The van der Waals surface area contributed by atoms with Gasteiger partial charge in [-0.1, -0.05) is 13.8 Å². The molecule has 0 heterocycles. The van der Waals surface area contributed by atoms with E-state index in [0.29, 0.717) is 29.9 Å². The van der Waals surface area contributed by atoms with Crippen LogP contribution in [0.15, 0.2) is 60.7 Å². The predicted molar refractivity (Wildman–Crippen MR) is 142 cm³/mol. The Hall–Kier alpha value is -3.90. The Bertz CT molecular complexity index is 1140. The quantitative estimate of drug-likeness (QED) is 0.348. The fourth-order valence-electron chi connectivity index (χ4n) is 3.08. The van der Waals surface area contributed by atoms with E-state index < -0.39 is 22.0 Å². The van der Waals surface area contributed by atoms with Gasteiger partial charge in [0.2, 0.25) is 10.0 Å². The number of nitrogens with one attached hydrogen (secondary N) is 1. The maximum atomic E-state index is 13.2. The molecule has 0 saturated heterocycles. The summed E-state index contributed by atoms with van der Waals surface area (Å²) in [5.41, 5.74) is 1.68. The van der Waals surface area contributed by atoms with E-state index in [4.69, 9.17) is 14.9 Å². The maximum Gasteiger partial charge on any atom is 0.328 e. The van der Waals surface area contributed by atoms with Crippen molar-refractivity contribution in [1.29, 1.82) is 0 Å². The van der Waals surface area contributed by atoms with Crippen molar-refractivity contribution in [1.82, 2.24) is 4.90 Å². The highest BCUT2D eigenvalue weighted by molar-refractivity contribution is 7.92.